The molecule has 21 heavy (non-hydrogen) atoms. The maximum atomic E-state index is 11.8. The lowest BCUT2D eigenvalue weighted by atomic mass is 10.2. The van der Waals surface area contributed by atoms with Gasteiger partial charge in [0.15, 0.2) is 0 Å². The molecule has 0 saturated carbocycles. The number of halogens is 1. The topological polar surface area (TPSA) is 37.4 Å². The Hall–Kier alpha value is -1.96. The van der Waals surface area contributed by atoms with E-state index in [2.05, 4.69) is 12.0 Å². The van der Waals surface area contributed by atoms with Gasteiger partial charge in [0.05, 0.1) is 12.8 Å². The Kier molecular flexibility index (Phi) is 4.89. The molecule has 108 valence electrons. The van der Waals surface area contributed by atoms with Crippen LogP contribution in [-0.4, -0.2) is 19.0 Å². The van der Waals surface area contributed by atoms with E-state index in [9.17, 15) is 8.42 Å². The Morgan fingerprint density at radius 1 is 1.10 bits per heavy atom. The second-order valence-electron chi connectivity index (χ2n) is 4.50. The fourth-order valence-electron chi connectivity index (χ4n) is 1.68. The largest absolute Gasteiger partial charge is 0.239 e. The minimum Gasteiger partial charge on any atom is -0.224 e. The lowest BCUT2D eigenvalue weighted by Crippen LogP contribution is -2.24. The molecule has 2 aromatic carbocycles. The molecule has 2 rings (SSSR count). The van der Waals surface area contributed by atoms with Gasteiger partial charge in [-0.05, 0) is 29.7 Å². The van der Waals surface area contributed by atoms with Crippen molar-refractivity contribution < 1.29 is 8.42 Å². The van der Waals surface area contributed by atoms with Gasteiger partial charge in [0.1, 0.15) is 0 Å². The van der Waals surface area contributed by atoms with Gasteiger partial charge < -0.3 is 0 Å². The molecule has 0 aliphatic carbocycles. The fraction of sp³-hybridized carbons (Fsp3) is 0.125. The molecular formula is C16H14ClNO2S. The smallest absolute Gasteiger partial charge is 0.224 e. The number of rotatable bonds is 3. The molecule has 5 heteroatoms. The van der Waals surface area contributed by atoms with E-state index in [1.807, 2.05) is 30.3 Å². The summed E-state index contributed by atoms with van der Waals surface area (Å²) in [7, 11) is -3.42. The predicted molar refractivity (Wildman–Crippen MR) is 85.2 cm³/mol. The number of sulfonamides is 1. The molecule has 0 fully saturated rings. The highest BCUT2D eigenvalue weighted by molar-refractivity contribution is 7.88. The Morgan fingerprint density at radius 3 is 2.43 bits per heavy atom. The lowest BCUT2D eigenvalue weighted by molar-refractivity contribution is 0.515. The van der Waals surface area contributed by atoms with Crippen LogP contribution in [0, 0.1) is 12.0 Å². The van der Waals surface area contributed by atoms with Crippen molar-refractivity contribution in [3.05, 3.63) is 70.7 Å². The van der Waals surface area contributed by atoms with Gasteiger partial charge in [-0.2, -0.15) is 0 Å². The molecule has 0 bridgehead atoms. The summed E-state index contributed by atoms with van der Waals surface area (Å²) in [6.07, 6.45) is 1.14. The Bertz CT molecular complexity index is 777. The molecule has 0 spiro atoms. The number of nitrogens with zero attached hydrogens (tertiary/aromatic N) is 1. The van der Waals surface area contributed by atoms with Gasteiger partial charge in [-0.25, -0.2) is 12.7 Å². The number of hydrogen-bond donors (Lipinski definition) is 0. The van der Waals surface area contributed by atoms with Crippen LogP contribution in [0.1, 0.15) is 11.1 Å². The summed E-state index contributed by atoms with van der Waals surface area (Å²) in [6, 6.07) is 19.0. The Morgan fingerprint density at radius 2 is 1.81 bits per heavy atom. The van der Waals surface area contributed by atoms with Crippen LogP contribution in [0.5, 0.6) is 0 Å². The zero-order valence-corrected chi connectivity index (χ0v) is 13.0. The molecule has 0 saturated heterocycles. The third-order valence-electron chi connectivity index (χ3n) is 2.72. The van der Waals surface area contributed by atoms with Crippen LogP contribution in [0.3, 0.4) is 0 Å². The normalized spacial score (nSPS) is 10.6. The van der Waals surface area contributed by atoms with Crippen LogP contribution in [-0.2, 0) is 16.6 Å². The maximum absolute atomic E-state index is 11.8. The van der Waals surface area contributed by atoms with Gasteiger partial charge in [-0.3, -0.25) is 0 Å². The second-order valence-corrected chi connectivity index (χ2v) is 6.85. The zero-order valence-electron chi connectivity index (χ0n) is 11.5. The second kappa shape index (κ2) is 6.66. The monoisotopic (exact) mass is 319 g/mol. The van der Waals surface area contributed by atoms with Crippen molar-refractivity contribution in [1.29, 1.82) is 0 Å². The molecule has 0 amide bonds. The van der Waals surface area contributed by atoms with E-state index in [4.69, 9.17) is 11.6 Å². The van der Waals surface area contributed by atoms with Gasteiger partial charge in [0.25, 0.3) is 0 Å². The average molecular weight is 320 g/mol. The zero-order chi connectivity index (χ0) is 15.3. The first-order valence-electron chi connectivity index (χ1n) is 6.24. The van der Waals surface area contributed by atoms with Crippen molar-refractivity contribution in [2.24, 2.45) is 0 Å². The first kappa shape index (κ1) is 15.4. The van der Waals surface area contributed by atoms with E-state index in [-0.39, 0.29) is 6.54 Å². The van der Waals surface area contributed by atoms with E-state index in [1.165, 1.54) is 0 Å². The summed E-state index contributed by atoms with van der Waals surface area (Å²) in [5, 5.41) is 0.566. The SMILES string of the molecule is CS(=O)(=O)N(C#Cc1cccc(Cl)c1)Cc1ccccc1. The minimum atomic E-state index is -3.42. The Balaban J connectivity index is 2.27. The van der Waals surface area contributed by atoms with E-state index in [0.717, 1.165) is 16.1 Å². The lowest BCUT2D eigenvalue weighted by Gasteiger charge is -2.14. The third-order valence-corrected chi connectivity index (χ3v) is 3.98. The van der Waals surface area contributed by atoms with Gasteiger partial charge in [-0.1, -0.05) is 48.0 Å². The molecule has 0 unspecified atom stereocenters. The fourth-order valence-corrected chi connectivity index (χ4v) is 2.47. The van der Waals surface area contributed by atoms with Crippen LogP contribution in [0.15, 0.2) is 54.6 Å². The minimum absolute atomic E-state index is 0.216. The average Bonchev–Trinajstić information content (AvgIpc) is 2.43. The summed E-state index contributed by atoms with van der Waals surface area (Å²) in [6.45, 7) is 0.216. The van der Waals surface area contributed by atoms with Gasteiger partial charge in [-0.15, -0.1) is 0 Å². The summed E-state index contributed by atoms with van der Waals surface area (Å²) in [4.78, 5) is 0. The van der Waals surface area contributed by atoms with Gasteiger partial charge in [0.2, 0.25) is 10.0 Å². The van der Waals surface area contributed by atoms with Gasteiger partial charge in [0, 0.05) is 16.6 Å². The molecule has 0 aromatic heterocycles. The van der Waals surface area contributed by atoms with Gasteiger partial charge >= 0.3 is 0 Å². The quantitative estimate of drug-likeness (QED) is 0.644. The van der Waals surface area contributed by atoms with E-state index < -0.39 is 10.0 Å². The first-order chi connectivity index (χ1) is 9.95. The highest BCUT2D eigenvalue weighted by Crippen LogP contribution is 2.10. The van der Waals surface area contributed by atoms with Crippen molar-refractivity contribution in [3.8, 4) is 12.0 Å². The van der Waals surface area contributed by atoms with Crippen LogP contribution in [0.4, 0.5) is 0 Å². The molecule has 0 atom stereocenters. The standard InChI is InChI=1S/C16H14ClNO2S/c1-21(19,20)18(13-15-6-3-2-4-7-15)11-10-14-8-5-9-16(17)12-14/h2-9,12H,13H2,1H3. The molecule has 0 N–H and O–H groups in total. The van der Waals surface area contributed by atoms with Crippen molar-refractivity contribution in [2.45, 2.75) is 6.54 Å². The van der Waals surface area contributed by atoms with E-state index in [1.54, 1.807) is 24.3 Å². The molecule has 0 aliphatic rings. The summed E-state index contributed by atoms with van der Waals surface area (Å²) in [5.74, 6) is 2.82. The van der Waals surface area contributed by atoms with Crippen molar-refractivity contribution in [3.63, 3.8) is 0 Å². The number of benzene rings is 2. The first-order valence-corrected chi connectivity index (χ1v) is 8.46. The Labute approximate surface area is 130 Å². The predicted octanol–water partition coefficient (Wildman–Crippen LogP) is 3.11. The summed E-state index contributed by atoms with van der Waals surface area (Å²) < 4.78 is 24.8. The molecule has 0 aliphatic heterocycles. The van der Waals surface area contributed by atoms with E-state index in [0.29, 0.717) is 10.6 Å². The highest BCUT2D eigenvalue weighted by atomic mass is 35.5. The van der Waals surface area contributed by atoms with Crippen LogP contribution < -0.4 is 0 Å². The summed E-state index contributed by atoms with van der Waals surface area (Å²) in [5.41, 5.74) is 1.55. The van der Waals surface area contributed by atoms with Crippen LogP contribution in [0.2, 0.25) is 5.02 Å². The summed E-state index contributed by atoms with van der Waals surface area (Å²) >= 11 is 5.88. The van der Waals surface area contributed by atoms with Crippen molar-refractivity contribution in [1.82, 2.24) is 4.31 Å². The van der Waals surface area contributed by atoms with Crippen molar-refractivity contribution >= 4 is 21.6 Å². The molecular weight excluding hydrogens is 306 g/mol. The number of hydrogen-bond acceptors (Lipinski definition) is 2. The molecule has 0 heterocycles. The maximum Gasteiger partial charge on any atom is 0.239 e. The van der Waals surface area contributed by atoms with E-state index >= 15 is 0 Å². The van der Waals surface area contributed by atoms with Crippen molar-refractivity contribution in [2.75, 3.05) is 6.26 Å². The van der Waals surface area contributed by atoms with Crippen LogP contribution in [0.25, 0.3) is 0 Å². The molecule has 2 aromatic rings. The molecule has 0 radical (unpaired) electrons. The molecule has 3 nitrogen and oxygen atoms in total. The highest BCUT2D eigenvalue weighted by Gasteiger charge is 2.12. The van der Waals surface area contributed by atoms with Crippen LogP contribution >= 0.6 is 11.6 Å². The third kappa shape index (κ3) is 4.82.